The van der Waals surface area contributed by atoms with Gasteiger partial charge in [-0.2, -0.15) is 0 Å². The SMILES string of the molecule is COc1ccc2[nH]cc(CC(=O)N3CCN(c4cccc(C)c4C)CC3)c2c1. The fourth-order valence-corrected chi connectivity index (χ4v) is 3.98. The molecule has 1 N–H and O–H groups in total. The summed E-state index contributed by atoms with van der Waals surface area (Å²) in [5.74, 6) is 0.993. The van der Waals surface area contributed by atoms with Crippen LogP contribution in [0.2, 0.25) is 0 Å². The van der Waals surface area contributed by atoms with Gasteiger partial charge in [-0.15, -0.1) is 0 Å². The molecule has 0 unspecified atom stereocenters. The van der Waals surface area contributed by atoms with Gasteiger partial charge in [0.25, 0.3) is 0 Å². The molecule has 0 radical (unpaired) electrons. The minimum absolute atomic E-state index is 0.185. The van der Waals surface area contributed by atoms with Crippen LogP contribution in [-0.4, -0.2) is 49.1 Å². The molecular formula is C23H27N3O2. The lowest BCUT2D eigenvalue weighted by Gasteiger charge is -2.37. The lowest BCUT2D eigenvalue weighted by atomic mass is 10.1. The van der Waals surface area contributed by atoms with Crippen molar-refractivity contribution in [3.63, 3.8) is 0 Å². The van der Waals surface area contributed by atoms with Crippen LogP contribution in [0.1, 0.15) is 16.7 Å². The number of anilines is 1. The van der Waals surface area contributed by atoms with Gasteiger partial charge >= 0.3 is 0 Å². The molecule has 0 spiro atoms. The number of amides is 1. The third-order valence-corrected chi connectivity index (χ3v) is 5.87. The molecule has 5 nitrogen and oxygen atoms in total. The first kappa shape index (κ1) is 18.4. The molecule has 3 aromatic rings. The molecule has 1 aliphatic heterocycles. The maximum atomic E-state index is 12.9. The molecule has 0 aliphatic carbocycles. The number of nitrogens with one attached hydrogen (secondary N) is 1. The molecule has 1 aliphatic rings. The highest BCUT2D eigenvalue weighted by Crippen LogP contribution is 2.26. The number of hydrogen-bond donors (Lipinski definition) is 1. The monoisotopic (exact) mass is 377 g/mol. The second-order valence-corrected chi connectivity index (χ2v) is 7.49. The van der Waals surface area contributed by atoms with E-state index in [-0.39, 0.29) is 5.91 Å². The molecule has 1 amide bonds. The van der Waals surface area contributed by atoms with Gasteiger partial charge in [0.15, 0.2) is 0 Å². The zero-order valence-electron chi connectivity index (χ0n) is 16.8. The Morgan fingerprint density at radius 2 is 1.89 bits per heavy atom. The molecule has 0 bridgehead atoms. The van der Waals surface area contributed by atoms with Crippen LogP contribution in [0.15, 0.2) is 42.6 Å². The summed E-state index contributed by atoms with van der Waals surface area (Å²) in [4.78, 5) is 20.5. The molecule has 0 saturated carbocycles. The van der Waals surface area contributed by atoms with Gasteiger partial charge in [0.05, 0.1) is 13.5 Å². The molecule has 1 saturated heterocycles. The Kier molecular flexibility index (Phi) is 4.99. The minimum atomic E-state index is 0.185. The summed E-state index contributed by atoms with van der Waals surface area (Å²) in [5.41, 5.74) is 5.98. The first-order valence-electron chi connectivity index (χ1n) is 9.80. The lowest BCUT2D eigenvalue weighted by molar-refractivity contribution is -0.130. The zero-order valence-corrected chi connectivity index (χ0v) is 16.8. The normalized spacial score (nSPS) is 14.5. The summed E-state index contributed by atoms with van der Waals surface area (Å²) >= 11 is 0. The number of nitrogens with zero attached hydrogens (tertiary/aromatic N) is 2. The Bertz CT molecular complexity index is 1000. The standard InChI is InChI=1S/C23H27N3O2/c1-16-5-4-6-22(17(16)2)25-9-11-26(12-10-25)23(27)13-18-15-24-21-8-7-19(28-3)14-20(18)21/h4-8,14-15,24H,9-13H2,1-3H3. The number of benzene rings is 2. The average molecular weight is 377 g/mol. The number of fused-ring (bicyclic) bond motifs is 1. The van der Waals surface area contributed by atoms with Gasteiger partial charge in [0.1, 0.15) is 5.75 Å². The van der Waals surface area contributed by atoms with E-state index in [1.54, 1.807) is 7.11 Å². The van der Waals surface area contributed by atoms with Crippen molar-refractivity contribution in [1.82, 2.24) is 9.88 Å². The molecule has 2 aromatic carbocycles. The Morgan fingerprint density at radius 1 is 1.11 bits per heavy atom. The van der Waals surface area contributed by atoms with E-state index >= 15 is 0 Å². The van der Waals surface area contributed by atoms with Crippen LogP contribution in [0.5, 0.6) is 5.75 Å². The van der Waals surface area contributed by atoms with Crippen molar-refractivity contribution in [3.8, 4) is 5.75 Å². The highest BCUT2D eigenvalue weighted by Gasteiger charge is 2.23. The molecule has 4 rings (SSSR count). The lowest BCUT2D eigenvalue weighted by Crippen LogP contribution is -2.49. The molecule has 1 fully saturated rings. The number of carbonyl (C=O) groups is 1. The smallest absolute Gasteiger partial charge is 0.227 e. The Balaban J connectivity index is 1.43. The van der Waals surface area contributed by atoms with Gasteiger partial charge in [-0.3, -0.25) is 4.79 Å². The number of aryl methyl sites for hydroxylation is 1. The molecule has 28 heavy (non-hydrogen) atoms. The second kappa shape index (κ2) is 7.58. The van der Waals surface area contributed by atoms with E-state index in [4.69, 9.17) is 4.74 Å². The number of rotatable bonds is 4. The Morgan fingerprint density at radius 3 is 2.64 bits per heavy atom. The number of aromatic nitrogens is 1. The summed E-state index contributed by atoms with van der Waals surface area (Å²) in [6, 6.07) is 12.4. The van der Waals surface area contributed by atoms with Gasteiger partial charge in [-0.1, -0.05) is 12.1 Å². The number of methoxy groups -OCH3 is 1. The highest BCUT2D eigenvalue weighted by atomic mass is 16.5. The van der Waals surface area contributed by atoms with E-state index in [1.165, 1.54) is 16.8 Å². The van der Waals surface area contributed by atoms with Crippen LogP contribution >= 0.6 is 0 Å². The van der Waals surface area contributed by atoms with Crippen molar-refractivity contribution in [1.29, 1.82) is 0 Å². The maximum absolute atomic E-state index is 12.9. The largest absolute Gasteiger partial charge is 0.497 e. The second-order valence-electron chi connectivity index (χ2n) is 7.49. The number of H-pyrrole nitrogens is 1. The predicted octanol–water partition coefficient (Wildman–Crippen LogP) is 3.68. The van der Waals surface area contributed by atoms with Crippen LogP contribution in [0.4, 0.5) is 5.69 Å². The Labute approximate surface area is 165 Å². The van der Waals surface area contributed by atoms with E-state index in [2.05, 4.69) is 41.9 Å². The highest BCUT2D eigenvalue weighted by molar-refractivity contribution is 5.89. The third kappa shape index (κ3) is 3.44. The zero-order chi connectivity index (χ0) is 19.7. The molecule has 0 atom stereocenters. The van der Waals surface area contributed by atoms with Crippen molar-refractivity contribution in [3.05, 3.63) is 59.3 Å². The van der Waals surface area contributed by atoms with E-state index in [0.29, 0.717) is 6.42 Å². The van der Waals surface area contributed by atoms with Gasteiger partial charge in [-0.05, 0) is 54.8 Å². The van der Waals surface area contributed by atoms with Crippen LogP contribution in [0, 0.1) is 13.8 Å². The maximum Gasteiger partial charge on any atom is 0.227 e. The topological polar surface area (TPSA) is 48.6 Å². The van der Waals surface area contributed by atoms with Crippen molar-refractivity contribution in [2.75, 3.05) is 38.2 Å². The quantitative estimate of drug-likeness (QED) is 0.754. The van der Waals surface area contributed by atoms with Crippen molar-refractivity contribution in [2.45, 2.75) is 20.3 Å². The molecule has 146 valence electrons. The van der Waals surface area contributed by atoms with E-state index in [9.17, 15) is 4.79 Å². The minimum Gasteiger partial charge on any atom is -0.497 e. The number of ether oxygens (including phenoxy) is 1. The van der Waals surface area contributed by atoms with Gasteiger partial charge in [0.2, 0.25) is 5.91 Å². The number of piperazine rings is 1. The summed E-state index contributed by atoms with van der Waals surface area (Å²) in [7, 11) is 1.66. The average Bonchev–Trinajstić information content (AvgIpc) is 3.12. The number of hydrogen-bond acceptors (Lipinski definition) is 3. The first-order valence-corrected chi connectivity index (χ1v) is 9.80. The summed E-state index contributed by atoms with van der Waals surface area (Å²) in [5, 5.41) is 1.06. The van der Waals surface area contributed by atoms with Crippen LogP contribution in [0.25, 0.3) is 10.9 Å². The van der Waals surface area contributed by atoms with E-state index < -0.39 is 0 Å². The van der Waals surface area contributed by atoms with Crippen LogP contribution < -0.4 is 9.64 Å². The number of aromatic amines is 1. The molecule has 5 heteroatoms. The summed E-state index contributed by atoms with van der Waals surface area (Å²) in [6.45, 7) is 7.59. The van der Waals surface area contributed by atoms with Gasteiger partial charge in [0, 0.05) is 49.0 Å². The van der Waals surface area contributed by atoms with Crippen molar-refractivity contribution >= 4 is 22.5 Å². The molecule has 1 aromatic heterocycles. The van der Waals surface area contributed by atoms with Gasteiger partial charge < -0.3 is 19.5 Å². The Hall–Kier alpha value is -2.95. The van der Waals surface area contributed by atoms with Crippen LogP contribution in [0.3, 0.4) is 0 Å². The summed E-state index contributed by atoms with van der Waals surface area (Å²) in [6.07, 6.45) is 2.35. The fraction of sp³-hybridized carbons (Fsp3) is 0.348. The third-order valence-electron chi connectivity index (χ3n) is 5.87. The van der Waals surface area contributed by atoms with Crippen molar-refractivity contribution < 1.29 is 9.53 Å². The van der Waals surface area contributed by atoms with Crippen LogP contribution in [-0.2, 0) is 11.2 Å². The van der Waals surface area contributed by atoms with Gasteiger partial charge in [-0.25, -0.2) is 0 Å². The van der Waals surface area contributed by atoms with Crippen molar-refractivity contribution in [2.24, 2.45) is 0 Å². The van der Waals surface area contributed by atoms with E-state index in [0.717, 1.165) is 48.4 Å². The molecular weight excluding hydrogens is 350 g/mol. The predicted molar refractivity (Wildman–Crippen MR) is 113 cm³/mol. The van der Waals surface area contributed by atoms with E-state index in [1.807, 2.05) is 29.3 Å². The first-order chi connectivity index (χ1) is 13.6. The molecule has 2 heterocycles. The summed E-state index contributed by atoms with van der Waals surface area (Å²) < 4.78 is 5.33. The fourth-order valence-electron chi connectivity index (χ4n) is 3.98. The number of carbonyl (C=O) groups excluding carboxylic acids is 1.